The predicted octanol–water partition coefficient (Wildman–Crippen LogP) is 4.68. The topological polar surface area (TPSA) is 102 Å². The van der Waals surface area contributed by atoms with Crippen LogP contribution in [0.3, 0.4) is 0 Å². The van der Waals surface area contributed by atoms with Crippen LogP contribution in [0.2, 0.25) is 0 Å². The Bertz CT molecular complexity index is 1480. The maximum atomic E-state index is 13.0. The minimum Gasteiger partial charge on any atom is -0.457 e. The largest absolute Gasteiger partial charge is 0.457 e. The third-order valence-corrected chi connectivity index (χ3v) is 7.50. The molecular weight excluding hydrogens is 490 g/mol. The maximum Gasteiger partial charge on any atom is 0.246 e. The highest BCUT2D eigenvalue weighted by atomic mass is 16.5. The van der Waals surface area contributed by atoms with Gasteiger partial charge in [-0.1, -0.05) is 24.3 Å². The Labute approximate surface area is 227 Å². The fraction of sp³-hybridized carbons (Fsp3) is 0.333. The molecule has 6 rings (SSSR count). The van der Waals surface area contributed by atoms with Crippen LogP contribution < -0.4 is 10.5 Å². The van der Waals surface area contributed by atoms with Crippen LogP contribution in [-0.4, -0.2) is 68.2 Å². The number of amides is 1. The Morgan fingerprint density at radius 3 is 2.62 bits per heavy atom. The molecule has 0 spiro atoms. The number of para-hydroxylation sites is 1. The van der Waals surface area contributed by atoms with Crippen LogP contribution >= 0.6 is 0 Å². The summed E-state index contributed by atoms with van der Waals surface area (Å²) in [4.78, 5) is 26.0. The molecule has 1 saturated heterocycles. The number of likely N-dealkylation sites (tertiary alicyclic amines) is 1. The van der Waals surface area contributed by atoms with E-state index in [9.17, 15) is 4.79 Å². The van der Waals surface area contributed by atoms with Crippen molar-refractivity contribution in [3.05, 3.63) is 73.1 Å². The Morgan fingerprint density at radius 2 is 1.85 bits per heavy atom. The number of hydrogen-bond acceptors (Lipinski definition) is 7. The van der Waals surface area contributed by atoms with E-state index in [1.54, 1.807) is 6.08 Å². The molecule has 1 atom stereocenters. The third-order valence-electron chi connectivity index (χ3n) is 7.50. The number of anilines is 1. The fourth-order valence-electron chi connectivity index (χ4n) is 5.20. The SMILES string of the molecule is CN(C/C=C/C(=O)N1CCCC(n2nc(-c3ccc(Oc4ccccc4)cc3)c3c(N)ncnc32)C1)C1CC1. The lowest BCUT2D eigenvalue weighted by Crippen LogP contribution is -2.40. The van der Waals surface area contributed by atoms with Gasteiger partial charge in [-0.2, -0.15) is 5.10 Å². The van der Waals surface area contributed by atoms with Gasteiger partial charge in [0.2, 0.25) is 5.91 Å². The molecule has 9 nitrogen and oxygen atoms in total. The molecule has 0 bridgehead atoms. The molecule has 4 aromatic rings. The van der Waals surface area contributed by atoms with Crippen molar-refractivity contribution >= 4 is 22.8 Å². The second-order valence-electron chi connectivity index (χ2n) is 10.3. The number of carbonyl (C=O) groups is 1. The van der Waals surface area contributed by atoms with Gasteiger partial charge in [0.25, 0.3) is 0 Å². The average molecular weight is 524 g/mol. The van der Waals surface area contributed by atoms with Crippen LogP contribution in [0.15, 0.2) is 73.1 Å². The van der Waals surface area contributed by atoms with E-state index in [0.29, 0.717) is 24.1 Å². The van der Waals surface area contributed by atoms with Gasteiger partial charge in [-0.25, -0.2) is 14.6 Å². The summed E-state index contributed by atoms with van der Waals surface area (Å²) in [6.45, 7) is 2.11. The van der Waals surface area contributed by atoms with Crippen molar-refractivity contribution < 1.29 is 9.53 Å². The summed E-state index contributed by atoms with van der Waals surface area (Å²) in [6.07, 6.45) is 9.48. The number of likely N-dealkylation sites (N-methyl/N-ethyl adjacent to an activating group) is 1. The van der Waals surface area contributed by atoms with E-state index in [0.717, 1.165) is 54.1 Å². The number of carbonyl (C=O) groups excluding carboxylic acids is 1. The number of nitrogen functional groups attached to an aromatic ring is 1. The molecule has 2 fully saturated rings. The van der Waals surface area contributed by atoms with Gasteiger partial charge >= 0.3 is 0 Å². The second-order valence-corrected chi connectivity index (χ2v) is 10.3. The molecule has 0 radical (unpaired) electrons. The Balaban J connectivity index is 1.23. The predicted molar refractivity (Wildman–Crippen MR) is 151 cm³/mol. The van der Waals surface area contributed by atoms with Crippen molar-refractivity contribution in [1.82, 2.24) is 29.5 Å². The maximum absolute atomic E-state index is 13.0. The van der Waals surface area contributed by atoms with Crippen LogP contribution in [0.1, 0.15) is 31.7 Å². The van der Waals surface area contributed by atoms with Gasteiger partial charge in [0.15, 0.2) is 5.65 Å². The van der Waals surface area contributed by atoms with Crippen LogP contribution in [0.25, 0.3) is 22.3 Å². The van der Waals surface area contributed by atoms with Gasteiger partial charge in [0.1, 0.15) is 29.3 Å². The molecular formula is C30H33N7O2. The van der Waals surface area contributed by atoms with Gasteiger partial charge < -0.3 is 15.4 Å². The first-order chi connectivity index (χ1) is 19.1. The van der Waals surface area contributed by atoms with Gasteiger partial charge in [0, 0.05) is 37.3 Å². The molecule has 1 amide bonds. The van der Waals surface area contributed by atoms with E-state index < -0.39 is 0 Å². The molecule has 1 aliphatic heterocycles. The number of fused-ring (bicyclic) bond motifs is 1. The molecule has 200 valence electrons. The Morgan fingerprint density at radius 1 is 1.08 bits per heavy atom. The highest BCUT2D eigenvalue weighted by molar-refractivity contribution is 5.98. The van der Waals surface area contributed by atoms with E-state index >= 15 is 0 Å². The fourth-order valence-corrected chi connectivity index (χ4v) is 5.20. The van der Waals surface area contributed by atoms with Crippen molar-refractivity contribution in [2.45, 2.75) is 37.8 Å². The standard InChI is InChI=1S/C30H33N7O2/c1-35(22-13-14-22)17-6-10-26(38)36-18-5-7-23(19-36)37-30-27(29(31)32-20-33-30)28(34-37)21-11-15-25(16-12-21)39-24-8-3-2-4-9-24/h2-4,6,8-12,15-16,20,22-23H,5,7,13-14,17-19H2,1H3,(H2,31,32,33)/b10-6+. The summed E-state index contributed by atoms with van der Waals surface area (Å²) >= 11 is 0. The van der Waals surface area contributed by atoms with Gasteiger partial charge in [-0.15, -0.1) is 0 Å². The lowest BCUT2D eigenvalue weighted by atomic mass is 10.1. The minimum absolute atomic E-state index is 0.00326. The van der Waals surface area contributed by atoms with E-state index in [1.165, 1.54) is 19.2 Å². The van der Waals surface area contributed by atoms with E-state index in [2.05, 4.69) is 21.9 Å². The number of aromatic nitrogens is 4. The van der Waals surface area contributed by atoms with E-state index in [1.807, 2.05) is 70.3 Å². The van der Waals surface area contributed by atoms with Crippen molar-refractivity contribution in [3.63, 3.8) is 0 Å². The van der Waals surface area contributed by atoms with E-state index in [-0.39, 0.29) is 11.9 Å². The first kappa shape index (κ1) is 25.1. The lowest BCUT2D eigenvalue weighted by Gasteiger charge is -2.32. The number of ether oxygens (including phenoxy) is 1. The summed E-state index contributed by atoms with van der Waals surface area (Å²) in [5.74, 6) is 1.94. The number of piperidine rings is 1. The summed E-state index contributed by atoms with van der Waals surface area (Å²) < 4.78 is 7.88. The Hall–Kier alpha value is -4.24. The smallest absolute Gasteiger partial charge is 0.246 e. The Kier molecular flexibility index (Phi) is 6.98. The van der Waals surface area contributed by atoms with Crippen LogP contribution in [0.5, 0.6) is 11.5 Å². The molecule has 2 aliphatic rings. The monoisotopic (exact) mass is 523 g/mol. The number of nitrogens with zero attached hydrogens (tertiary/aromatic N) is 6. The molecule has 3 heterocycles. The van der Waals surface area contributed by atoms with Crippen molar-refractivity contribution in [2.75, 3.05) is 32.4 Å². The number of benzene rings is 2. The summed E-state index contributed by atoms with van der Waals surface area (Å²) in [5.41, 5.74) is 8.64. The zero-order valence-electron chi connectivity index (χ0n) is 22.1. The molecule has 2 aromatic carbocycles. The first-order valence-electron chi connectivity index (χ1n) is 13.5. The quantitative estimate of drug-likeness (QED) is 0.335. The molecule has 2 aromatic heterocycles. The molecule has 1 saturated carbocycles. The summed E-state index contributed by atoms with van der Waals surface area (Å²) in [7, 11) is 2.11. The lowest BCUT2D eigenvalue weighted by molar-refractivity contribution is -0.127. The molecule has 9 heteroatoms. The van der Waals surface area contributed by atoms with Crippen molar-refractivity contribution in [3.8, 4) is 22.8 Å². The average Bonchev–Trinajstić information content (AvgIpc) is 3.75. The summed E-state index contributed by atoms with van der Waals surface area (Å²) in [5, 5.41) is 5.72. The van der Waals surface area contributed by atoms with Crippen LogP contribution in [0, 0.1) is 0 Å². The van der Waals surface area contributed by atoms with Gasteiger partial charge in [-0.05, 0) is 69.1 Å². The summed E-state index contributed by atoms with van der Waals surface area (Å²) in [6, 6.07) is 18.1. The second kappa shape index (κ2) is 10.9. The van der Waals surface area contributed by atoms with Crippen molar-refractivity contribution in [1.29, 1.82) is 0 Å². The van der Waals surface area contributed by atoms with Gasteiger partial charge in [-0.3, -0.25) is 9.69 Å². The third kappa shape index (κ3) is 5.49. The van der Waals surface area contributed by atoms with Crippen molar-refractivity contribution in [2.24, 2.45) is 0 Å². The zero-order chi connectivity index (χ0) is 26.8. The molecule has 2 N–H and O–H groups in total. The zero-order valence-corrected chi connectivity index (χ0v) is 22.1. The highest BCUT2D eigenvalue weighted by Gasteiger charge is 2.28. The van der Waals surface area contributed by atoms with Gasteiger partial charge in [0.05, 0.1) is 11.4 Å². The van der Waals surface area contributed by atoms with Crippen LogP contribution in [-0.2, 0) is 4.79 Å². The molecule has 1 aliphatic carbocycles. The number of hydrogen-bond donors (Lipinski definition) is 1. The highest BCUT2D eigenvalue weighted by Crippen LogP contribution is 2.35. The van der Waals surface area contributed by atoms with E-state index in [4.69, 9.17) is 15.6 Å². The molecule has 1 unspecified atom stereocenters. The molecule has 39 heavy (non-hydrogen) atoms. The number of nitrogens with two attached hydrogens (primary N) is 1. The minimum atomic E-state index is -0.00326. The normalized spacial score (nSPS) is 17.8. The van der Waals surface area contributed by atoms with Crippen LogP contribution in [0.4, 0.5) is 5.82 Å². The first-order valence-corrected chi connectivity index (χ1v) is 13.5. The number of rotatable bonds is 8.